The number of nitrogens with one attached hydrogen (secondary N) is 2. The van der Waals surface area contributed by atoms with Crippen molar-refractivity contribution in [2.75, 3.05) is 6.54 Å². The molecule has 1 amide bonds. The molecule has 0 aliphatic rings. The van der Waals surface area contributed by atoms with Crippen LogP contribution in [-0.2, 0) is 4.79 Å². The molecule has 0 aliphatic heterocycles. The lowest BCUT2D eigenvalue weighted by atomic mass is 10.1. The van der Waals surface area contributed by atoms with E-state index in [0.29, 0.717) is 0 Å². The van der Waals surface area contributed by atoms with Crippen LogP contribution < -0.4 is 10.6 Å². The molecule has 0 aromatic heterocycles. The van der Waals surface area contributed by atoms with Gasteiger partial charge in [-0.3, -0.25) is 10.1 Å². The molecule has 0 saturated carbocycles. The van der Waals surface area contributed by atoms with Gasteiger partial charge in [-0.2, -0.15) is 13.2 Å². The van der Waals surface area contributed by atoms with E-state index in [0.717, 1.165) is 0 Å². The normalized spacial score (nSPS) is 14.1. The van der Waals surface area contributed by atoms with E-state index in [1.165, 1.54) is 6.92 Å². The van der Waals surface area contributed by atoms with Gasteiger partial charge in [-0.05, 0) is 20.8 Å². The van der Waals surface area contributed by atoms with Gasteiger partial charge in [0.1, 0.15) is 6.54 Å². The number of carbonyl (C=O) groups is 1. The Morgan fingerprint density at radius 2 is 1.94 bits per heavy atom. The maximum atomic E-state index is 11.8. The first-order valence-electron chi connectivity index (χ1n) is 4.67. The minimum atomic E-state index is -4.41. The molecule has 0 saturated heterocycles. The molecule has 0 bridgehead atoms. The fraction of sp³-hybridized carbons (Fsp3) is 0.700. The first kappa shape index (κ1) is 14.8. The van der Waals surface area contributed by atoms with Crippen LogP contribution in [0, 0.1) is 12.3 Å². The second-order valence-corrected chi connectivity index (χ2v) is 3.97. The van der Waals surface area contributed by atoms with Crippen molar-refractivity contribution in [3.8, 4) is 12.3 Å². The van der Waals surface area contributed by atoms with Crippen LogP contribution in [0.25, 0.3) is 0 Å². The van der Waals surface area contributed by atoms with Crippen molar-refractivity contribution in [1.82, 2.24) is 10.6 Å². The predicted molar refractivity (Wildman–Crippen MR) is 54.6 cm³/mol. The van der Waals surface area contributed by atoms with Crippen LogP contribution in [0.1, 0.15) is 20.8 Å². The molecule has 6 heteroatoms. The van der Waals surface area contributed by atoms with Crippen molar-refractivity contribution in [2.24, 2.45) is 0 Å². The molecule has 0 spiro atoms. The average Bonchev–Trinajstić information content (AvgIpc) is 2.12. The SMILES string of the molecule is C#CC(C)(C)NC(C)C(=O)NCC(F)(F)F. The summed E-state index contributed by atoms with van der Waals surface area (Å²) in [5.74, 6) is 1.65. The fourth-order valence-corrected chi connectivity index (χ4v) is 0.989. The van der Waals surface area contributed by atoms with E-state index in [-0.39, 0.29) is 0 Å². The van der Waals surface area contributed by atoms with Gasteiger partial charge in [-0.15, -0.1) is 6.42 Å². The zero-order valence-electron chi connectivity index (χ0n) is 9.40. The average molecular weight is 236 g/mol. The highest BCUT2D eigenvalue weighted by Crippen LogP contribution is 2.12. The maximum absolute atomic E-state index is 11.8. The lowest BCUT2D eigenvalue weighted by molar-refractivity contribution is -0.139. The highest BCUT2D eigenvalue weighted by Gasteiger charge is 2.29. The second-order valence-electron chi connectivity index (χ2n) is 3.97. The molecular formula is C10H15F3N2O. The monoisotopic (exact) mass is 236 g/mol. The number of terminal acetylenes is 1. The first-order valence-corrected chi connectivity index (χ1v) is 4.67. The number of carbonyl (C=O) groups excluding carboxylic acids is 1. The highest BCUT2D eigenvalue weighted by molar-refractivity contribution is 5.81. The Morgan fingerprint density at radius 1 is 1.44 bits per heavy atom. The summed E-state index contributed by atoms with van der Waals surface area (Å²) < 4.78 is 35.4. The zero-order chi connectivity index (χ0) is 13.0. The van der Waals surface area contributed by atoms with Crippen LogP contribution in [0.5, 0.6) is 0 Å². The molecule has 0 radical (unpaired) electrons. The summed E-state index contributed by atoms with van der Waals surface area (Å²) in [5, 5.41) is 4.50. The number of hydrogen-bond acceptors (Lipinski definition) is 2. The smallest absolute Gasteiger partial charge is 0.346 e. The standard InChI is InChI=1S/C10H15F3N2O/c1-5-9(3,4)15-7(2)8(16)14-6-10(11,12)13/h1,7,15H,6H2,2-4H3,(H,14,16). The molecule has 0 aromatic rings. The van der Waals surface area contributed by atoms with Gasteiger partial charge in [0, 0.05) is 0 Å². The van der Waals surface area contributed by atoms with Gasteiger partial charge < -0.3 is 5.32 Å². The lowest BCUT2D eigenvalue weighted by Gasteiger charge is -2.24. The van der Waals surface area contributed by atoms with Crippen LogP contribution in [0.3, 0.4) is 0 Å². The fourth-order valence-electron chi connectivity index (χ4n) is 0.989. The number of rotatable bonds is 4. The van der Waals surface area contributed by atoms with Gasteiger partial charge in [0.15, 0.2) is 0 Å². The molecule has 0 rings (SSSR count). The van der Waals surface area contributed by atoms with E-state index in [1.54, 1.807) is 19.2 Å². The number of halogens is 3. The minimum Gasteiger partial charge on any atom is -0.346 e. The molecule has 16 heavy (non-hydrogen) atoms. The van der Waals surface area contributed by atoms with E-state index in [4.69, 9.17) is 6.42 Å². The molecule has 0 aliphatic carbocycles. The summed E-state index contributed by atoms with van der Waals surface area (Å²) in [5.41, 5.74) is -0.741. The summed E-state index contributed by atoms with van der Waals surface area (Å²) in [6.45, 7) is 3.42. The van der Waals surface area contributed by atoms with Gasteiger partial charge in [-0.1, -0.05) is 5.92 Å². The molecule has 2 N–H and O–H groups in total. The lowest BCUT2D eigenvalue weighted by Crippen LogP contribution is -2.52. The summed E-state index contributed by atoms with van der Waals surface area (Å²) in [6, 6.07) is -0.784. The third-order valence-electron chi connectivity index (χ3n) is 1.79. The third-order valence-corrected chi connectivity index (χ3v) is 1.79. The predicted octanol–water partition coefficient (Wildman–Crippen LogP) is 1.05. The minimum absolute atomic E-state index is 0.736. The quantitative estimate of drug-likeness (QED) is 0.716. The molecular weight excluding hydrogens is 221 g/mol. The van der Waals surface area contributed by atoms with Crippen LogP contribution in [0.2, 0.25) is 0 Å². The van der Waals surface area contributed by atoms with Crippen LogP contribution in [0.4, 0.5) is 13.2 Å². The molecule has 0 aromatic carbocycles. The van der Waals surface area contributed by atoms with E-state index in [2.05, 4.69) is 11.2 Å². The Hall–Kier alpha value is -1.22. The summed E-state index contributed by atoms with van der Waals surface area (Å²) in [7, 11) is 0. The largest absolute Gasteiger partial charge is 0.405 e. The Morgan fingerprint density at radius 3 is 2.31 bits per heavy atom. The van der Waals surface area contributed by atoms with Gasteiger partial charge >= 0.3 is 6.18 Å². The third kappa shape index (κ3) is 6.30. The van der Waals surface area contributed by atoms with Crippen molar-refractivity contribution in [3.63, 3.8) is 0 Å². The molecule has 3 nitrogen and oxygen atoms in total. The first-order chi connectivity index (χ1) is 7.07. The molecule has 0 heterocycles. The summed E-state index contributed by atoms with van der Waals surface area (Å²) in [6.07, 6.45) is 0.768. The van der Waals surface area contributed by atoms with Crippen molar-refractivity contribution in [1.29, 1.82) is 0 Å². The van der Waals surface area contributed by atoms with Gasteiger partial charge in [-0.25, -0.2) is 0 Å². The second kappa shape index (κ2) is 5.21. The molecule has 0 fully saturated rings. The van der Waals surface area contributed by atoms with Gasteiger partial charge in [0.05, 0.1) is 11.6 Å². The van der Waals surface area contributed by atoms with E-state index < -0.39 is 30.2 Å². The van der Waals surface area contributed by atoms with Crippen LogP contribution in [-0.4, -0.2) is 30.2 Å². The van der Waals surface area contributed by atoms with Crippen molar-refractivity contribution >= 4 is 5.91 Å². The number of hydrogen-bond donors (Lipinski definition) is 2. The molecule has 1 atom stereocenters. The summed E-state index contributed by atoms with van der Waals surface area (Å²) in [4.78, 5) is 11.2. The van der Waals surface area contributed by atoms with E-state index in [1.807, 2.05) is 0 Å². The maximum Gasteiger partial charge on any atom is 0.405 e. The van der Waals surface area contributed by atoms with Crippen LogP contribution in [0.15, 0.2) is 0 Å². The summed E-state index contributed by atoms with van der Waals surface area (Å²) >= 11 is 0. The number of alkyl halides is 3. The highest BCUT2D eigenvalue weighted by atomic mass is 19.4. The van der Waals surface area contributed by atoms with Gasteiger partial charge in [0.25, 0.3) is 0 Å². The van der Waals surface area contributed by atoms with Crippen molar-refractivity contribution < 1.29 is 18.0 Å². The Kier molecular flexibility index (Phi) is 4.81. The molecule has 92 valence electrons. The zero-order valence-corrected chi connectivity index (χ0v) is 9.40. The van der Waals surface area contributed by atoms with E-state index in [9.17, 15) is 18.0 Å². The van der Waals surface area contributed by atoms with Crippen molar-refractivity contribution in [2.45, 2.75) is 38.5 Å². The topological polar surface area (TPSA) is 41.1 Å². The number of amides is 1. The Bertz CT molecular complexity index is 291. The molecule has 1 unspecified atom stereocenters. The Balaban J connectivity index is 4.17. The Labute approximate surface area is 92.8 Å². The van der Waals surface area contributed by atoms with Crippen molar-refractivity contribution in [3.05, 3.63) is 0 Å². The van der Waals surface area contributed by atoms with Crippen LogP contribution >= 0.6 is 0 Å². The van der Waals surface area contributed by atoms with E-state index >= 15 is 0 Å². The van der Waals surface area contributed by atoms with Gasteiger partial charge in [0.2, 0.25) is 5.91 Å².